The molecule has 2 aliphatic rings. The van der Waals surface area contributed by atoms with E-state index in [2.05, 4.69) is 26.4 Å². The Morgan fingerprint density at radius 2 is 2.17 bits per heavy atom. The first-order valence-corrected chi connectivity index (χ1v) is 11.9. The largest absolute Gasteiger partial charge is 0.495 e. The number of hydrogen-bond donors (Lipinski definition) is 1. The highest BCUT2D eigenvalue weighted by Gasteiger charge is 2.32. The minimum atomic E-state index is -0.537. The topological polar surface area (TPSA) is 81.0 Å². The molecular formula is C27H28FN5O3. The number of hydrogen-bond acceptors (Lipinski definition) is 6. The third-order valence-electron chi connectivity index (χ3n) is 6.41. The first-order valence-electron chi connectivity index (χ1n) is 11.9. The van der Waals surface area contributed by atoms with Crippen molar-refractivity contribution in [1.29, 1.82) is 0 Å². The number of piperidine rings is 1. The minimum absolute atomic E-state index is 0.0330. The minimum Gasteiger partial charge on any atom is -0.495 e. The van der Waals surface area contributed by atoms with Crippen molar-refractivity contribution in [3.8, 4) is 11.4 Å². The number of amidine groups is 1. The van der Waals surface area contributed by atoms with E-state index in [0.29, 0.717) is 13.2 Å². The molecule has 1 saturated heterocycles. The molecular weight excluding hydrogens is 461 g/mol. The highest BCUT2D eigenvalue weighted by molar-refractivity contribution is 6.03. The van der Waals surface area contributed by atoms with Gasteiger partial charge in [-0.2, -0.15) is 0 Å². The lowest BCUT2D eigenvalue weighted by molar-refractivity contribution is 0.0561. The second kappa shape index (κ2) is 10.2. The summed E-state index contributed by atoms with van der Waals surface area (Å²) in [5, 5.41) is 7.19. The first-order chi connectivity index (χ1) is 17.5. The molecule has 0 unspecified atom stereocenters. The Bertz CT molecular complexity index is 1330. The fourth-order valence-corrected chi connectivity index (χ4v) is 4.59. The van der Waals surface area contributed by atoms with E-state index in [1.54, 1.807) is 25.6 Å². The van der Waals surface area contributed by atoms with E-state index in [4.69, 9.17) is 9.57 Å². The van der Waals surface area contributed by atoms with Gasteiger partial charge in [-0.25, -0.2) is 9.37 Å². The molecule has 0 bridgehead atoms. The lowest BCUT2D eigenvalue weighted by Crippen LogP contribution is -2.53. The van der Waals surface area contributed by atoms with Crippen molar-refractivity contribution in [2.75, 3.05) is 26.8 Å². The Kier molecular flexibility index (Phi) is 6.71. The van der Waals surface area contributed by atoms with E-state index in [9.17, 15) is 9.18 Å². The third-order valence-corrected chi connectivity index (χ3v) is 6.41. The van der Waals surface area contributed by atoms with Crippen LogP contribution in [0, 0.1) is 12.7 Å². The molecule has 0 spiro atoms. The SMILES string of the molecule is COc1cc(/C=C2\CCCN3C2=NOC[C@@H]3CNC(=O)c2ccccc2F)ccc1-n1cnc(C)c1. The monoisotopic (exact) mass is 489 g/mol. The molecule has 2 aliphatic heterocycles. The highest BCUT2D eigenvalue weighted by Crippen LogP contribution is 2.29. The molecule has 1 fully saturated rings. The Morgan fingerprint density at radius 1 is 1.31 bits per heavy atom. The first kappa shape index (κ1) is 23.6. The molecule has 0 aliphatic carbocycles. The summed E-state index contributed by atoms with van der Waals surface area (Å²) in [7, 11) is 1.65. The van der Waals surface area contributed by atoms with Crippen molar-refractivity contribution in [3.05, 3.63) is 83.2 Å². The van der Waals surface area contributed by atoms with Crippen molar-refractivity contribution in [2.45, 2.75) is 25.8 Å². The number of benzene rings is 2. The fraction of sp³-hybridized carbons (Fsp3) is 0.296. The molecule has 2 aromatic carbocycles. The van der Waals surface area contributed by atoms with Gasteiger partial charge in [0.05, 0.1) is 36.4 Å². The lowest BCUT2D eigenvalue weighted by Gasteiger charge is -2.40. The van der Waals surface area contributed by atoms with Gasteiger partial charge in [-0.05, 0) is 61.2 Å². The Hall–Kier alpha value is -4.14. The highest BCUT2D eigenvalue weighted by atomic mass is 19.1. The maximum atomic E-state index is 14.0. The van der Waals surface area contributed by atoms with Gasteiger partial charge >= 0.3 is 0 Å². The van der Waals surface area contributed by atoms with Crippen molar-refractivity contribution < 1.29 is 18.8 Å². The summed E-state index contributed by atoms with van der Waals surface area (Å²) in [6.07, 6.45) is 7.63. The standard InChI is InChI=1S/C27H28FN5O3/c1-18-15-32(17-30-18)24-10-9-19(13-25(24)35-2)12-20-6-5-11-33-21(16-36-31-26(20)33)14-29-27(34)22-7-3-4-8-23(22)28/h3-4,7-10,12-13,15,17,21H,5-6,11,14,16H2,1-2H3,(H,29,34)/b20-12+/t21-/m0/s1. The zero-order valence-electron chi connectivity index (χ0n) is 20.3. The van der Waals surface area contributed by atoms with Crippen LogP contribution in [0.25, 0.3) is 11.8 Å². The molecule has 1 amide bonds. The number of fused-ring (bicyclic) bond motifs is 1. The summed E-state index contributed by atoms with van der Waals surface area (Å²) in [4.78, 5) is 24.5. The number of amides is 1. The van der Waals surface area contributed by atoms with Crippen LogP contribution >= 0.6 is 0 Å². The van der Waals surface area contributed by atoms with E-state index in [-0.39, 0.29) is 11.6 Å². The van der Waals surface area contributed by atoms with Gasteiger partial charge in [0.25, 0.3) is 5.91 Å². The third kappa shape index (κ3) is 4.82. The van der Waals surface area contributed by atoms with Crippen LogP contribution < -0.4 is 10.1 Å². The summed E-state index contributed by atoms with van der Waals surface area (Å²) in [6, 6.07) is 11.9. The van der Waals surface area contributed by atoms with Gasteiger partial charge in [0.1, 0.15) is 18.2 Å². The molecule has 3 aromatic rings. The second-order valence-electron chi connectivity index (χ2n) is 8.87. The lowest BCUT2D eigenvalue weighted by atomic mass is 9.98. The van der Waals surface area contributed by atoms with E-state index in [1.165, 1.54) is 12.1 Å². The number of methoxy groups -OCH3 is 1. The van der Waals surface area contributed by atoms with Crippen LogP contribution in [-0.2, 0) is 4.84 Å². The molecule has 1 atom stereocenters. The fourth-order valence-electron chi connectivity index (χ4n) is 4.59. The van der Waals surface area contributed by atoms with Crippen LogP contribution in [0.15, 0.2) is 65.7 Å². The van der Waals surface area contributed by atoms with Gasteiger partial charge in [-0.1, -0.05) is 23.4 Å². The van der Waals surface area contributed by atoms with Crippen LogP contribution in [0.3, 0.4) is 0 Å². The Morgan fingerprint density at radius 3 is 2.94 bits per heavy atom. The van der Waals surface area contributed by atoms with Crippen LogP contribution in [0.2, 0.25) is 0 Å². The number of nitrogens with one attached hydrogen (secondary N) is 1. The van der Waals surface area contributed by atoms with Gasteiger partial charge in [-0.3, -0.25) is 4.79 Å². The molecule has 3 heterocycles. The summed E-state index contributed by atoms with van der Waals surface area (Å²) in [5.74, 6) is 0.533. The number of rotatable bonds is 6. The number of imidazole rings is 1. The molecule has 1 N–H and O–H groups in total. The number of aryl methyl sites for hydroxylation is 1. The van der Waals surface area contributed by atoms with Gasteiger partial charge in [0.2, 0.25) is 0 Å². The van der Waals surface area contributed by atoms with E-state index >= 15 is 0 Å². The Balaban J connectivity index is 1.32. The van der Waals surface area contributed by atoms with Gasteiger partial charge < -0.3 is 24.4 Å². The van der Waals surface area contributed by atoms with Crippen molar-refractivity contribution in [1.82, 2.24) is 19.8 Å². The quantitative estimate of drug-likeness (QED) is 0.567. The molecule has 5 rings (SSSR count). The average Bonchev–Trinajstić information content (AvgIpc) is 3.33. The number of ether oxygens (including phenoxy) is 1. The van der Waals surface area contributed by atoms with Crippen LogP contribution in [0.1, 0.15) is 34.5 Å². The number of halogens is 1. The van der Waals surface area contributed by atoms with Crippen LogP contribution in [-0.4, -0.2) is 59.0 Å². The maximum absolute atomic E-state index is 14.0. The summed E-state index contributed by atoms with van der Waals surface area (Å²) in [6.45, 7) is 3.43. The molecule has 36 heavy (non-hydrogen) atoms. The maximum Gasteiger partial charge on any atom is 0.254 e. The predicted octanol–water partition coefficient (Wildman–Crippen LogP) is 3.95. The smallest absolute Gasteiger partial charge is 0.254 e. The zero-order chi connectivity index (χ0) is 25.1. The van der Waals surface area contributed by atoms with Crippen molar-refractivity contribution >= 4 is 17.8 Å². The molecule has 8 nitrogen and oxygen atoms in total. The molecule has 9 heteroatoms. The van der Waals surface area contributed by atoms with Crippen LogP contribution in [0.4, 0.5) is 4.39 Å². The Labute approximate surface area is 209 Å². The zero-order valence-corrected chi connectivity index (χ0v) is 20.3. The average molecular weight is 490 g/mol. The van der Waals surface area contributed by atoms with E-state index in [1.807, 2.05) is 35.9 Å². The number of aromatic nitrogens is 2. The van der Waals surface area contributed by atoms with Gasteiger partial charge in [0, 0.05) is 19.3 Å². The number of carbonyl (C=O) groups is 1. The normalized spacial score (nSPS) is 18.3. The number of oxime groups is 1. The number of carbonyl (C=O) groups excluding carboxylic acids is 1. The molecule has 186 valence electrons. The number of nitrogens with zero attached hydrogens (tertiary/aromatic N) is 4. The molecule has 0 saturated carbocycles. The van der Waals surface area contributed by atoms with Crippen molar-refractivity contribution in [2.24, 2.45) is 5.16 Å². The van der Waals surface area contributed by atoms with E-state index in [0.717, 1.165) is 53.5 Å². The van der Waals surface area contributed by atoms with Crippen molar-refractivity contribution in [3.63, 3.8) is 0 Å². The second-order valence-corrected chi connectivity index (χ2v) is 8.87. The summed E-state index contributed by atoms with van der Waals surface area (Å²) in [5.41, 5.74) is 3.92. The molecule has 1 aromatic heterocycles. The summed E-state index contributed by atoms with van der Waals surface area (Å²) >= 11 is 0. The van der Waals surface area contributed by atoms with Crippen LogP contribution in [0.5, 0.6) is 5.75 Å². The van der Waals surface area contributed by atoms with Gasteiger partial charge in [-0.15, -0.1) is 0 Å². The van der Waals surface area contributed by atoms with Gasteiger partial charge in [0.15, 0.2) is 5.84 Å². The predicted molar refractivity (Wildman–Crippen MR) is 135 cm³/mol. The van der Waals surface area contributed by atoms with E-state index < -0.39 is 11.7 Å². The molecule has 0 radical (unpaired) electrons. The summed E-state index contributed by atoms with van der Waals surface area (Å²) < 4.78 is 21.6.